The monoisotopic (exact) mass is 250 g/mol. The molecule has 1 saturated heterocycles. The summed E-state index contributed by atoms with van der Waals surface area (Å²) in [6.45, 7) is 4.30. The third-order valence-corrected chi connectivity index (χ3v) is 3.54. The molecule has 2 rings (SSSR count). The first-order chi connectivity index (χ1) is 8.50. The Hall–Kier alpha value is -1.85. The number of rotatable bonds is 2. The molecule has 2 N–H and O–H groups in total. The first-order valence-electron chi connectivity index (χ1n) is 6.20. The number of nitrogen functional groups attached to an aromatic ring is 1. The molecule has 0 radical (unpaired) electrons. The van der Waals surface area contributed by atoms with Gasteiger partial charge in [-0.2, -0.15) is 0 Å². The van der Waals surface area contributed by atoms with Gasteiger partial charge in [0.1, 0.15) is 5.82 Å². The molecule has 0 aliphatic carbocycles. The minimum absolute atomic E-state index is 0.0116. The normalized spacial score (nSPS) is 24.0. The van der Waals surface area contributed by atoms with Gasteiger partial charge in [0.15, 0.2) is 0 Å². The average Bonchev–Trinajstić information content (AvgIpc) is 2.28. The van der Waals surface area contributed by atoms with Crippen molar-refractivity contribution in [3.8, 4) is 0 Å². The van der Waals surface area contributed by atoms with Gasteiger partial charge in [-0.1, -0.05) is 0 Å². The summed E-state index contributed by atoms with van der Waals surface area (Å²) in [5.74, 6) is 0.722. The Balaban J connectivity index is 2.33. The van der Waals surface area contributed by atoms with Crippen LogP contribution in [0, 0.1) is 10.1 Å². The predicted octanol–water partition coefficient (Wildman–Crippen LogP) is 2.34. The molecule has 2 atom stereocenters. The second-order valence-corrected chi connectivity index (χ2v) is 4.87. The van der Waals surface area contributed by atoms with Crippen LogP contribution in [-0.2, 0) is 0 Å². The standard InChI is InChI=1S/C12H18N4O2/c1-8-4-3-5-9(2)15(8)11-7-6-10(16(17)18)12(13)14-11/h6-9H,3-5H2,1-2H3,(H2,13,14)/t8-,9-/m1/s1. The average molecular weight is 250 g/mol. The van der Waals surface area contributed by atoms with Crippen molar-refractivity contribution in [3.05, 3.63) is 22.2 Å². The van der Waals surface area contributed by atoms with Crippen LogP contribution in [-0.4, -0.2) is 22.0 Å². The van der Waals surface area contributed by atoms with E-state index in [0.29, 0.717) is 12.1 Å². The molecule has 0 amide bonds. The maximum Gasteiger partial charge on any atom is 0.311 e. The van der Waals surface area contributed by atoms with Gasteiger partial charge in [0.05, 0.1) is 4.92 Å². The lowest BCUT2D eigenvalue weighted by Gasteiger charge is -2.40. The van der Waals surface area contributed by atoms with Gasteiger partial charge < -0.3 is 10.6 Å². The van der Waals surface area contributed by atoms with Crippen molar-refractivity contribution in [2.45, 2.75) is 45.2 Å². The lowest BCUT2D eigenvalue weighted by atomic mass is 9.97. The molecule has 18 heavy (non-hydrogen) atoms. The summed E-state index contributed by atoms with van der Waals surface area (Å²) in [6.07, 6.45) is 3.44. The van der Waals surface area contributed by atoms with Crippen LogP contribution in [0.1, 0.15) is 33.1 Å². The zero-order valence-corrected chi connectivity index (χ0v) is 10.7. The maximum atomic E-state index is 10.7. The largest absolute Gasteiger partial charge is 0.378 e. The Bertz CT molecular complexity index is 453. The van der Waals surface area contributed by atoms with Crippen molar-refractivity contribution in [1.82, 2.24) is 4.98 Å². The maximum absolute atomic E-state index is 10.7. The molecule has 1 aliphatic rings. The number of nitrogens with two attached hydrogens (primary N) is 1. The van der Waals surface area contributed by atoms with Gasteiger partial charge in [-0.15, -0.1) is 0 Å². The third kappa shape index (κ3) is 2.23. The summed E-state index contributed by atoms with van der Waals surface area (Å²) in [7, 11) is 0. The summed E-state index contributed by atoms with van der Waals surface area (Å²) in [4.78, 5) is 16.6. The van der Waals surface area contributed by atoms with E-state index in [1.165, 1.54) is 12.5 Å². The van der Waals surface area contributed by atoms with Crippen LogP contribution in [0.25, 0.3) is 0 Å². The van der Waals surface area contributed by atoms with Crippen molar-refractivity contribution < 1.29 is 4.92 Å². The molecule has 0 spiro atoms. The van der Waals surface area contributed by atoms with Crippen LogP contribution in [0.3, 0.4) is 0 Å². The smallest absolute Gasteiger partial charge is 0.311 e. The van der Waals surface area contributed by atoms with Crippen LogP contribution in [0.2, 0.25) is 0 Å². The first kappa shape index (κ1) is 12.6. The van der Waals surface area contributed by atoms with Gasteiger partial charge in [0.25, 0.3) is 0 Å². The van der Waals surface area contributed by atoms with Gasteiger partial charge in [-0.05, 0) is 39.2 Å². The van der Waals surface area contributed by atoms with Crippen LogP contribution in [0.4, 0.5) is 17.3 Å². The van der Waals surface area contributed by atoms with Crippen molar-refractivity contribution >= 4 is 17.3 Å². The number of piperidine rings is 1. The molecule has 98 valence electrons. The zero-order chi connectivity index (χ0) is 13.3. The minimum Gasteiger partial charge on any atom is -0.378 e. The highest BCUT2D eigenvalue weighted by molar-refractivity contribution is 5.58. The molecule has 6 heteroatoms. The fourth-order valence-electron chi connectivity index (χ4n) is 2.63. The molecule has 0 aromatic carbocycles. The van der Waals surface area contributed by atoms with E-state index < -0.39 is 4.92 Å². The Kier molecular flexibility index (Phi) is 3.36. The molecule has 0 bridgehead atoms. The summed E-state index contributed by atoms with van der Waals surface area (Å²) in [6, 6.07) is 3.91. The Labute approximate surface area is 106 Å². The van der Waals surface area contributed by atoms with Crippen molar-refractivity contribution in [2.24, 2.45) is 0 Å². The number of anilines is 2. The number of hydrogen-bond donors (Lipinski definition) is 1. The summed E-state index contributed by atoms with van der Waals surface area (Å²) in [5, 5.41) is 10.7. The number of pyridine rings is 1. The molecule has 1 fully saturated rings. The highest BCUT2D eigenvalue weighted by Crippen LogP contribution is 2.30. The van der Waals surface area contributed by atoms with E-state index in [2.05, 4.69) is 23.7 Å². The molecule has 1 aromatic heterocycles. The lowest BCUT2D eigenvalue weighted by Crippen LogP contribution is -2.44. The third-order valence-electron chi connectivity index (χ3n) is 3.54. The van der Waals surface area contributed by atoms with Gasteiger partial charge in [-0.3, -0.25) is 10.1 Å². The van der Waals surface area contributed by atoms with Gasteiger partial charge in [-0.25, -0.2) is 4.98 Å². The fraction of sp³-hybridized carbons (Fsp3) is 0.583. The van der Waals surface area contributed by atoms with Crippen molar-refractivity contribution in [3.63, 3.8) is 0 Å². The van der Waals surface area contributed by atoms with E-state index >= 15 is 0 Å². The number of nitrogens with zero attached hydrogens (tertiary/aromatic N) is 3. The quantitative estimate of drug-likeness (QED) is 0.643. The molecule has 0 unspecified atom stereocenters. The van der Waals surface area contributed by atoms with E-state index in [-0.39, 0.29) is 11.5 Å². The van der Waals surface area contributed by atoms with Crippen LogP contribution >= 0.6 is 0 Å². The number of hydrogen-bond acceptors (Lipinski definition) is 5. The lowest BCUT2D eigenvalue weighted by molar-refractivity contribution is -0.384. The van der Waals surface area contributed by atoms with Gasteiger partial charge in [0.2, 0.25) is 5.82 Å². The molecule has 6 nitrogen and oxygen atoms in total. The molecular formula is C12H18N4O2. The second-order valence-electron chi connectivity index (χ2n) is 4.87. The summed E-state index contributed by atoms with van der Waals surface area (Å²) >= 11 is 0. The molecular weight excluding hydrogens is 232 g/mol. The van der Waals surface area contributed by atoms with Gasteiger partial charge >= 0.3 is 5.69 Å². The Morgan fingerprint density at radius 2 is 2.00 bits per heavy atom. The van der Waals surface area contributed by atoms with Crippen LogP contribution < -0.4 is 10.6 Å². The van der Waals surface area contributed by atoms with Crippen LogP contribution in [0.5, 0.6) is 0 Å². The predicted molar refractivity (Wildman–Crippen MR) is 70.6 cm³/mol. The van der Waals surface area contributed by atoms with Gasteiger partial charge in [0, 0.05) is 18.2 Å². The summed E-state index contributed by atoms with van der Waals surface area (Å²) in [5.41, 5.74) is 5.51. The summed E-state index contributed by atoms with van der Waals surface area (Å²) < 4.78 is 0. The van der Waals surface area contributed by atoms with E-state index in [1.54, 1.807) is 6.07 Å². The molecule has 1 aliphatic heterocycles. The van der Waals surface area contributed by atoms with Crippen LogP contribution in [0.15, 0.2) is 12.1 Å². The number of aromatic nitrogens is 1. The molecule has 1 aromatic rings. The minimum atomic E-state index is -0.505. The van der Waals surface area contributed by atoms with E-state index in [1.807, 2.05) is 0 Å². The highest BCUT2D eigenvalue weighted by Gasteiger charge is 2.27. The fourth-order valence-corrected chi connectivity index (χ4v) is 2.63. The van der Waals surface area contributed by atoms with Crippen molar-refractivity contribution in [1.29, 1.82) is 0 Å². The second kappa shape index (κ2) is 4.80. The molecule has 0 saturated carbocycles. The molecule has 2 heterocycles. The van der Waals surface area contributed by atoms with Crippen molar-refractivity contribution in [2.75, 3.05) is 10.6 Å². The first-order valence-corrected chi connectivity index (χ1v) is 6.20. The Morgan fingerprint density at radius 1 is 1.39 bits per heavy atom. The zero-order valence-electron chi connectivity index (χ0n) is 10.7. The Morgan fingerprint density at radius 3 is 2.50 bits per heavy atom. The topological polar surface area (TPSA) is 85.3 Å². The van der Waals surface area contributed by atoms with E-state index in [0.717, 1.165) is 18.7 Å². The van der Waals surface area contributed by atoms with E-state index in [9.17, 15) is 10.1 Å². The SMILES string of the molecule is C[C@@H]1CCC[C@@H](C)N1c1ccc([N+](=O)[O-])c(N)n1. The number of nitro groups is 1. The highest BCUT2D eigenvalue weighted by atomic mass is 16.6. The van der Waals surface area contributed by atoms with E-state index in [4.69, 9.17) is 5.73 Å².